The fraction of sp³-hybridized carbons (Fsp3) is 0.156. The molecule has 0 aliphatic carbocycles. The van der Waals surface area contributed by atoms with Gasteiger partial charge in [-0.2, -0.15) is 9.78 Å². The van der Waals surface area contributed by atoms with E-state index in [0.717, 1.165) is 22.4 Å². The molecule has 0 bridgehead atoms. The molecule has 0 aliphatic heterocycles. The SMILES string of the molecule is COc1cc(OC)cc(-c2nn(-c3ccc(C)cc3C)c(OC(C)=O)c2-c2ccc(NC(=O)c3cccs3)cc2)c1. The van der Waals surface area contributed by atoms with Gasteiger partial charge in [0.15, 0.2) is 0 Å². The van der Waals surface area contributed by atoms with Gasteiger partial charge >= 0.3 is 5.97 Å². The van der Waals surface area contributed by atoms with E-state index in [9.17, 15) is 9.59 Å². The van der Waals surface area contributed by atoms with Gasteiger partial charge in [-0.05, 0) is 66.8 Å². The summed E-state index contributed by atoms with van der Waals surface area (Å²) in [6.07, 6.45) is 0. The highest BCUT2D eigenvalue weighted by atomic mass is 32.1. The zero-order valence-electron chi connectivity index (χ0n) is 23.3. The summed E-state index contributed by atoms with van der Waals surface area (Å²) >= 11 is 1.37. The molecule has 0 saturated carbocycles. The van der Waals surface area contributed by atoms with Crippen LogP contribution in [0.2, 0.25) is 0 Å². The third-order valence-corrected chi connectivity index (χ3v) is 7.33. The van der Waals surface area contributed by atoms with Crippen LogP contribution >= 0.6 is 11.3 Å². The summed E-state index contributed by atoms with van der Waals surface area (Å²) in [4.78, 5) is 25.6. The summed E-state index contributed by atoms with van der Waals surface area (Å²) in [6, 6.07) is 22.4. The van der Waals surface area contributed by atoms with E-state index in [2.05, 4.69) is 5.32 Å². The molecule has 0 atom stereocenters. The molecule has 5 rings (SSSR count). The third kappa shape index (κ3) is 5.85. The van der Waals surface area contributed by atoms with E-state index in [4.69, 9.17) is 19.3 Å². The van der Waals surface area contributed by atoms with E-state index < -0.39 is 5.97 Å². The van der Waals surface area contributed by atoms with E-state index in [1.54, 1.807) is 31.0 Å². The van der Waals surface area contributed by atoms with Gasteiger partial charge in [-0.15, -0.1) is 11.3 Å². The van der Waals surface area contributed by atoms with E-state index >= 15 is 0 Å². The number of hydrogen-bond donors (Lipinski definition) is 1. The van der Waals surface area contributed by atoms with Crippen molar-refractivity contribution in [2.45, 2.75) is 20.8 Å². The Labute approximate surface area is 242 Å². The average molecular weight is 568 g/mol. The molecule has 0 radical (unpaired) electrons. The number of esters is 1. The first-order valence-corrected chi connectivity index (χ1v) is 13.7. The molecule has 5 aromatic rings. The van der Waals surface area contributed by atoms with E-state index in [1.807, 2.05) is 79.9 Å². The molecule has 8 nitrogen and oxygen atoms in total. The van der Waals surface area contributed by atoms with Gasteiger partial charge in [-0.1, -0.05) is 35.9 Å². The van der Waals surface area contributed by atoms with Crippen LogP contribution < -0.4 is 19.5 Å². The van der Waals surface area contributed by atoms with Crippen molar-refractivity contribution in [3.8, 4) is 45.5 Å². The first kappa shape index (κ1) is 27.7. The molecule has 2 heterocycles. The number of benzene rings is 3. The molecule has 0 unspecified atom stereocenters. The number of hydrogen-bond acceptors (Lipinski definition) is 7. The summed E-state index contributed by atoms with van der Waals surface area (Å²) in [5.74, 6) is 0.794. The molecule has 1 N–H and O–H groups in total. The maximum Gasteiger partial charge on any atom is 0.309 e. The van der Waals surface area contributed by atoms with Gasteiger partial charge in [-0.3, -0.25) is 9.59 Å². The maximum atomic E-state index is 12.6. The number of rotatable bonds is 8. The molecule has 2 aromatic heterocycles. The first-order valence-electron chi connectivity index (χ1n) is 12.8. The molecule has 0 aliphatic rings. The van der Waals surface area contributed by atoms with Crippen molar-refractivity contribution in [3.63, 3.8) is 0 Å². The molecule has 0 fully saturated rings. The Bertz CT molecular complexity index is 1700. The second kappa shape index (κ2) is 11.7. The second-order valence-corrected chi connectivity index (χ2v) is 10.4. The highest BCUT2D eigenvalue weighted by Gasteiger charge is 2.26. The van der Waals surface area contributed by atoms with Crippen molar-refractivity contribution >= 4 is 28.9 Å². The lowest BCUT2D eigenvalue weighted by Crippen LogP contribution is -2.10. The standard InChI is InChI=1S/C32H29N3O5S/c1-19-8-13-27(20(2)15-19)35-32(40-21(3)36)29(30(34-35)23-16-25(38-4)18-26(17-23)39-5)22-9-11-24(12-10-22)33-31(37)28-7-6-14-41-28/h6-18H,1-5H3,(H,33,37). The van der Waals surface area contributed by atoms with Gasteiger partial charge < -0.3 is 19.5 Å². The number of nitrogens with one attached hydrogen (secondary N) is 1. The molecule has 9 heteroatoms. The number of ether oxygens (including phenoxy) is 3. The Hall–Kier alpha value is -4.89. The van der Waals surface area contributed by atoms with Crippen molar-refractivity contribution in [3.05, 3.63) is 94.2 Å². The molecule has 41 heavy (non-hydrogen) atoms. The number of anilines is 1. The normalized spacial score (nSPS) is 10.8. The Morgan fingerprint density at radius 1 is 0.878 bits per heavy atom. The van der Waals surface area contributed by atoms with Gasteiger partial charge in [0.25, 0.3) is 5.91 Å². The molecule has 208 valence electrons. The van der Waals surface area contributed by atoms with E-state index in [0.29, 0.717) is 38.9 Å². The van der Waals surface area contributed by atoms with Crippen LogP contribution in [-0.2, 0) is 4.79 Å². The lowest BCUT2D eigenvalue weighted by molar-refractivity contribution is -0.132. The summed E-state index contributed by atoms with van der Waals surface area (Å²) in [6.45, 7) is 5.37. The van der Waals surface area contributed by atoms with Gasteiger partial charge in [0.2, 0.25) is 5.88 Å². The molecule has 0 spiro atoms. The Kier molecular flexibility index (Phi) is 7.89. The zero-order chi connectivity index (χ0) is 29.1. The van der Waals surface area contributed by atoms with Crippen molar-refractivity contribution in [2.24, 2.45) is 0 Å². The van der Waals surface area contributed by atoms with E-state index in [-0.39, 0.29) is 11.8 Å². The fourth-order valence-corrected chi connectivity index (χ4v) is 5.19. The van der Waals surface area contributed by atoms with E-state index in [1.165, 1.54) is 18.3 Å². The maximum absolute atomic E-state index is 12.6. The lowest BCUT2D eigenvalue weighted by atomic mass is 10.0. The van der Waals surface area contributed by atoms with Gasteiger partial charge in [0, 0.05) is 24.2 Å². The summed E-state index contributed by atoms with van der Waals surface area (Å²) in [7, 11) is 3.17. The van der Waals surface area contributed by atoms with Crippen LogP contribution in [0, 0.1) is 13.8 Å². The predicted molar refractivity (Wildman–Crippen MR) is 161 cm³/mol. The lowest BCUT2D eigenvalue weighted by Gasteiger charge is -2.12. The van der Waals surface area contributed by atoms with Crippen molar-refractivity contribution in [2.75, 3.05) is 19.5 Å². The van der Waals surface area contributed by atoms with Crippen molar-refractivity contribution < 1.29 is 23.8 Å². The quantitative estimate of drug-likeness (QED) is 0.202. The van der Waals surface area contributed by atoms with Crippen LogP contribution in [0.25, 0.3) is 28.1 Å². The monoisotopic (exact) mass is 567 g/mol. The molecule has 3 aromatic carbocycles. The number of methoxy groups -OCH3 is 2. The number of aromatic nitrogens is 2. The van der Waals surface area contributed by atoms with Crippen molar-refractivity contribution in [1.82, 2.24) is 9.78 Å². The van der Waals surface area contributed by atoms with Crippen LogP contribution in [0.1, 0.15) is 27.7 Å². The average Bonchev–Trinajstić information content (AvgIpc) is 3.62. The minimum absolute atomic E-state index is 0.180. The minimum atomic E-state index is -0.480. The number of nitrogens with zero attached hydrogens (tertiary/aromatic N) is 2. The van der Waals surface area contributed by atoms with Gasteiger partial charge in [-0.25, -0.2) is 0 Å². The van der Waals surface area contributed by atoms with Crippen LogP contribution in [0.3, 0.4) is 0 Å². The largest absolute Gasteiger partial charge is 0.497 e. The highest BCUT2D eigenvalue weighted by Crippen LogP contribution is 2.43. The Balaban J connectivity index is 1.70. The number of thiophene rings is 1. The number of aryl methyl sites for hydroxylation is 2. The fourth-order valence-electron chi connectivity index (χ4n) is 4.57. The van der Waals surface area contributed by atoms with Crippen LogP contribution in [0.4, 0.5) is 5.69 Å². The number of carbonyl (C=O) groups is 2. The topological polar surface area (TPSA) is 91.7 Å². The highest BCUT2D eigenvalue weighted by molar-refractivity contribution is 7.12. The Morgan fingerprint density at radius 3 is 2.17 bits per heavy atom. The summed E-state index contributed by atoms with van der Waals surface area (Å²) < 4.78 is 18.6. The molecule has 1 amide bonds. The minimum Gasteiger partial charge on any atom is -0.497 e. The predicted octanol–water partition coefficient (Wildman–Crippen LogP) is 7.08. The second-order valence-electron chi connectivity index (χ2n) is 9.43. The zero-order valence-corrected chi connectivity index (χ0v) is 24.2. The third-order valence-electron chi connectivity index (χ3n) is 6.47. The summed E-state index contributed by atoms with van der Waals surface area (Å²) in [5, 5.41) is 9.77. The molecular weight excluding hydrogens is 538 g/mol. The van der Waals surface area contributed by atoms with Crippen LogP contribution in [-0.4, -0.2) is 35.9 Å². The number of carbonyl (C=O) groups excluding carboxylic acids is 2. The summed E-state index contributed by atoms with van der Waals surface area (Å²) in [5.41, 5.74) is 6.09. The first-order chi connectivity index (χ1) is 19.8. The van der Waals surface area contributed by atoms with Gasteiger partial charge in [0.1, 0.15) is 17.2 Å². The molecule has 0 saturated heterocycles. The van der Waals surface area contributed by atoms with Crippen molar-refractivity contribution in [1.29, 1.82) is 0 Å². The number of amides is 1. The van der Waals surface area contributed by atoms with Crippen LogP contribution in [0.5, 0.6) is 17.4 Å². The molecular formula is C32H29N3O5S. The Morgan fingerprint density at radius 2 is 1.59 bits per heavy atom. The van der Waals surface area contributed by atoms with Crippen LogP contribution in [0.15, 0.2) is 78.2 Å². The smallest absolute Gasteiger partial charge is 0.309 e. The van der Waals surface area contributed by atoms with Gasteiger partial charge in [0.05, 0.1) is 30.3 Å².